The fraction of sp³-hybridized carbons (Fsp3) is 0.190. The Kier molecular flexibility index (Phi) is 3.80. The summed E-state index contributed by atoms with van der Waals surface area (Å²) in [6, 6.07) is 13.7. The molecule has 4 nitrogen and oxygen atoms in total. The van der Waals surface area contributed by atoms with Gasteiger partial charge in [-0.15, -0.1) is 0 Å². The van der Waals surface area contributed by atoms with Gasteiger partial charge in [-0.3, -0.25) is 0 Å². The van der Waals surface area contributed by atoms with E-state index in [1.54, 1.807) is 12.2 Å². The van der Waals surface area contributed by atoms with Gasteiger partial charge in [-0.25, -0.2) is 4.79 Å². The first-order valence-corrected chi connectivity index (χ1v) is 8.26. The summed E-state index contributed by atoms with van der Waals surface area (Å²) in [5.74, 6) is 2.11. The van der Waals surface area contributed by atoms with E-state index in [4.69, 9.17) is 14.2 Å². The third-order valence-electron chi connectivity index (χ3n) is 4.31. The molecule has 4 rings (SSSR count). The summed E-state index contributed by atoms with van der Waals surface area (Å²) < 4.78 is 16.1. The van der Waals surface area contributed by atoms with Crippen molar-refractivity contribution in [2.45, 2.75) is 19.8 Å². The van der Waals surface area contributed by atoms with E-state index in [2.05, 4.69) is 26.0 Å². The van der Waals surface area contributed by atoms with Crippen LogP contribution in [0.5, 0.6) is 11.5 Å². The number of carbonyl (C=O) groups excluding carboxylic acids is 1. The van der Waals surface area contributed by atoms with E-state index < -0.39 is 0 Å². The Labute approximate surface area is 146 Å². The molecule has 2 aliphatic rings. The Morgan fingerprint density at radius 3 is 2.52 bits per heavy atom. The van der Waals surface area contributed by atoms with Crippen molar-refractivity contribution in [1.82, 2.24) is 0 Å². The molecule has 126 valence electrons. The average molecular weight is 334 g/mol. The van der Waals surface area contributed by atoms with Crippen LogP contribution in [0.15, 0.2) is 54.1 Å². The lowest BCUT2D eigenvalue weighted by Gasteiger charge is -2.06. The molecule has 0 atom stereocenters. The van der Waals surface area contributed by atoms with Crippen LogP contribution in [0, 0.1) is 0 Å². The van der Waals surface area contributed by atoms with E-state index in [-0.39, 0.29) is 12.8 Å². The van der Waals surface area contributed by atoms with Crippen molar-refractivity contribution in [2.75, 3.05) is 6.79 Å². The zero-order valence-electron chi connectivity index (χ0n) is 14.1. The zero-order valence-corrected chi connectivity index (χ0v) is 14.1. The van der Waals surface area contributed by atoms with Crippen LogP contribution >= 0.6 is 0 Å². The predicted molar refractivity (Wildman–Crippen MR) is 95.1 cm³/mol. The van der Waals surface area contributed by atoms with Crippen molar-refractivity contribution in [3.05, 3.63) is 70.8 Å². The van der Waals surface area contributed by atoms with Crippen molar-refractivity contribution in [3.8, 4) is 11.5 Å². The molecule has 0 saturated carbocycles. The highest BCUT2D eigenvalue weighted by Gasteiger charge is 2.22. The number of cyclic esters (lactones) is 1. The second-order valence-electron chi connectivity index (χ2n) is 6.39. The molecule has 0 radical (unpaired) electrons. The molecule has 2 aliphatic heterocycles. The van der Waals surface area contributed by atoms with Gasteiger partial charge in [0.1, 0.15) is 5.76 Å². The van der Waals surface area contributed by atoms with Gasteiger partial charge in [0.2, 0.25) is 6.79 Å². The Balaban J connectivity index is 1.61. The molecule has 25 heavy (non-hydrogen) atoms. The lowest BCUT2D eigenvalue weighted by Crippen LogP contribution is -1.97. The van der Waals surface area contributed by atoms with Gasteiger partial charge in [0, 0.05) is 5.56 Å². The molecule has 2 heterocycles. The Morgan fingerprint density at radius 2 is 1.76 bits per heavy atom. The van der Waals surface area contributed by atoms with E-state index in [1.807, 2.05) is 30.3 Å². The second-order valence-corrected chi connectivity index (χ2v) is 6.39. The summed E-state index contributed by atoms with van der Waals surface area (Å²) in [4.78, 5) is 12.2. The minimum absolute atomic E-state index is 0.230. The van der Waals surface area contributed by atoms with E-state index in [9.17, 15) is 4.79 Å². The van der Waals surface area contributed by atoms with Gasteiger partial charge >= 0.3 is 5.97 Å². The predicted octanol–water partition coefficient (Wildman–Crippen LogP) is 4.52. The molecule has 0 unspecified atom stereocenters. The molecule has 0 N–H and O–H groups in total. The Hall–Kier alpha value is -3.01. The van der Waals surface area contributed by atoms with Gasteiger partial charge in [-0.05, 0) is 41.3 Å². The number of fused-ring (bicyclic) bond motifs is 1. The second kappa shape index (κ2) is 6.13. The van der Waals surface area contributed by atoms with Gasteiger partial charge < -0.3 is 14.2 Å². The summed E-state index contributed by atoms with van der Waals surface area (Å²) >= 11 is 0. The molecule has 0 fully saturated rings. The van der Waals surface area contributed by atoms with Crippen molar-refractivity contribution in [1.29, 1.82) is 0 Å². The van der Waals surface area contributed by atoms with E-state index in [0.717, 1.165) is 16.9 Å². The smallest absolute Gasteiger partial charge is 0.343 e. The van der Waals surface area contributed by atoms with Gasteiger partial charge in [0.15, 0.2) is 11.5 Å². The maximum absolute atomic E-state index is 12.2. The number of hydrogen-bond donors (Lipinski definition) is 0. The number of hydrogen-bond acceptors (Lipinski definition) is 4. The van der Waals surface area contributed by atoms with Crippen molar-refractivity contribution >= 4 is 17.8 Å². The quantitative estimate of drug-likeness (QED) is 0.611. The Morgan fingerprint density at radius 1 is 1.00 bits per heavy atom. The molecule has 0 amide bonds. The fourth-order valence-corrected chi connectivity index (χ4v) is 2.85. The van der Waals surface area contributed by atoms with Crippen molar-refractivity contribution in [3.63, 3.8) is 0 Å². The van der Waals surface area contributed by atoms with Gasteiger partial charge in [-0.2, -0.15) is 0 Å². The van der Waals surface area contributed by atoms with Crippen LogP contribution in [0.3, 0.4) is 0 Å². The lowest BCUT2D eigenvalue weighted by molar-refractivity contribution is -0.130. The minimum atomic E-state index is -0.347. The van der Waals surface area contributed by atoms with Crippen LogP contribution in [0.4, 0.5) is 0 Å². The monoisotopic (exact) mass is 334 g/mol. The molecule has 0 spiro atoms. The fourth-order valence-electron chi connectivity index (χ4n) is 2.85. The van der Waals surface area contributed by atoms with Gasteiger partial charge in [0.25, 0.3) is 0 Å². The maximum atomic E-state index is 12.2. The summed E-state index contributed by atoms with van der Waals surface area (Å²) in [5, 5.41) is 0. The third kappa shape index (κ3) is 3.03. The SMILES string of the molecule is CC(C)c1ccc(C2=C/C(=C\c3ccc4c(c3)OCO4)C(=O)O2)cc1. The summed E-state index contributed by atoms with van der Waals surface area (Å²) in [7, 11) is 0. The van der Waals surface area contributed by atoms with Crippen molar-refractivity contribution in [2.24, 2.45) is 0 Å². The summed E-state index contributed by atoms with van der Waals surface area (Å²) in [5.41, 5.74) is 3.53. The number of rotatable bonds is 3. The molecule has 0 saturated heterocycles. The first-order valence-electron chi connectivity index (χ1n) is 8.26. The molecular weight excluding hydrogens is 316 g/mol. The molecule has 2 aromatic rings. The average Bonchev–Trinajstić information content (AvgIpc) is 3.21. The van der Waals surface area contributed by atoms with Crippen LogP contribution in [-0.2, 0) is 9.53 Å². The largest absolute Gasteiger partial charge is 0.454 e. The molecule has 0 aromatic heterocycles. The van der Waals surface area contributed by atoms with Crippen LogP contribution in [0.2, 0.25) is 0 Å². The van der Waals surface area contributed by atoms with E-state index in [1.165, 1.54) is 5.56 Å². The molecule has 0 aliphatic carbocycles. The zero-order chi connectivity index (χ0) is 17.4. The van der Waals surface area contributed by atoms with Crippen LogP contribution < -0.4 is 9.47 Å². The first-order chi connectivity index (χ1) is 12.1. The number of carbonyl (C=O) groups is 1. The molecule has 2 aromatic carbocycles. The first kappa shape index (κ1) is 15.5. The van der Waals surface area contributed by atoms with Crippen LogP contribution in [-0.4, -0.2) is 12.8 Å². The molecule has 4 heteroatoms. The van der Waals surface area contributed by atoms with E-state index in [0.29, 0.717) is 23.0 Å². The van der Waals surface area contributed by atoms with Gasteiger partial charge in [0.05, 0.1) is 5.57 Å². The number of ether oxygens (including phenoxy) is 3. The number of benzene rings is 2. The third-order valence-corrected chi connectivity index (χ3v) is 4.31. The molecular formula is C21H18O4. The highest BCUT2D eigenvalue weighted by molar-refractivity contribution is 6.05. The van der Waals surface area contributed by atoms with E-state index >= 15 is 0 Å². The summed E-state index contributed by atoms with van der Waals surface area (Å²) in [6.07, 6.45) is 3.57. The molecule has 0 bridgehead atoms. The standard InChI is InChI=1S/C21H18O4/c1-13(2)15-4-6-16(7-5-15)19-11-17(21(22)25-19)9-14-3-8-18-20(10-14)24-12-23-18/h3-11,13H,12H2,1-2H3/b17-9+. The number of esters is 1. The highest BCUT2D eigenvalue weighted by Crippen LogP contribution is 2.34. The topological polar surface area (TPSA) is 44.8 Å². The highest BCUT2D eigenvalue weighted by atomic mass is 16.7. The maximum Gasteiger partial charge on any atom is 0.343 e. The Bertz CT molecular complexity index is 889. The normalized spacial score (nSPS) is 17.2. The van der Waals surface area contributed by atoms with Crippen molar-refractivity contribution < 1.29 is 19.0 Å². The minimum Gasteiger partial charge on any atom is -0.454 e. The van der Waals surface area contributed by atoms with Crippen LogP contribution in [0.25, 0.3) is 11.8 Å². The van der Waals surface area contributed by atoms with Gasteiger partial charge in [-0.1, -0.05) is 44.2 Å². The lowest BCUT2D eigenvalue weighted by atomic mass is 10.0. The van der Waals surface area contributed by atoms with Crippen LogP contribution in [0.1, 0.15) is 36.5 Å². The summed E-state index contributed by atoms with van der Waals surface area (Å²) in [6.45, 7) is 4.53.